The molecule has 1 aliphatic carbocycles. The van der Waals surface area contributed by atoms with E-state index in [2.05, 4.69) is 20.8 Å². The van der Waals surface area contributed by atoms with Gasteiger partial charge in [0.15, 0.2) is 0 Å². The average Bonchev–Trinajstić information content (AvgIpc) is 3.43. The Bertz CT molecular complexity index is 916. The molecule has 1 atom stereocenters. The minimum absolute atomic E-state index is 0.0462. The molecule has 0 unspecified atom stereocenters. The molecule has 7 heteroatoms. The summed E-state index contributed by atoms with van der Waals surface area (Å²) < 4.78 is 28.6. The Labute approximate surface area is 161 Å². The van der Waals surface area contributed by atoms with Crippen molar-refractivity contribution in [3.05, 3.63) is 52.0 Å². The largest absolute Gasteiger partial charge is 0.339 e. The number of hydrogen-bond acceptors (Lipinski definition) is 3. The highest BCUT2D eigenvalue weighted by molar-refractivity contribution is 9.10. The maximum absolute atomic E-state index is 13.2. The lowest BCUT2D eigenvalue weighted by Gasteiger charge is -2.29. The van der Waals surface area contributed by atoms with Crippen molar-refractivity contribution in [1.29, 1.82) is 0 Å². The summed E-state index contributed by atoms with van der Waals surface area (Å²) >= 11 is 9.68. The van der Waals surface area contributed by atoms with Gasteiger partial charge < -0.3 is 4.90 Å². The number of hydrogen-bond donors (Lipinski definition) is 0. The number of para-hydroxylation sites is 1. The van der Waals surface area contributed by atoms with Crippen molar-refractivity contribution in [3.8, 4) is 0 Å². The van der Waals surface area contributed by atoms with Crippen LogP contribution in [0.4, 0.5) is 11.4 Å². The van der Waals surface area contributed by atoms with Gasteiger partial charge in [0.1, 0.15) is 4.90 Å². The molecule has 132 valence electrons. The third-order valence-corrected chi connectivity index (χ3v) is 8.13. The second kappa shape index (κ2) is 6.27. The van der Waals surface area contributed by atoms with Crippen LogP contribution in [0.15, 0.2) is 51.8 Å². The number of rotatable bonds is 2. The van der Waals surface area contributed by atoms with Crippen LogP contribution in [0.3, 0.4) is 0 Å². The molecular formula is C18H18BrClN2O2S. The summed E-state index contributed by atoms with van der Waals surface area (Å²) in [6, 6.07) is 13.2. The molecule has 0 radical (unpaired) electrons. The van der Waals surface area contributed by atoms with Gasteiger partial charge in [-0.25, -0.2) is 8.42 Å². The summed E-state index contributed by atoms with van der Waals surface area (Å²) in [7, 11) is -1.90. The van der Waals surface area contributed by atoms with Gasteiger partial charge in [-0.3, -0.25) is 0 Å². The number of anilines is 2. The van der Waals surface area contributed by atoms with E-state index in [-0.39, 0.29) is 6.04 Å². The molecule has 2 aromatic carbocycles. The fourth-order valence-electron chi connectivity index (χ4n) is 3.45. The molecule has 1 saturated carbocycles. The zero-order valence-electron chi connectivity index (χ0n) is 13.7. The molecule has 1 aliphatic heterocycles. The van der Waals surface area contributed by atoms with E-state index in [0.717, 1.165) is 18.5 Å². The molecule has 0 spiro atoms. The first-order chi connectivity index (χ1) is 11.9. The SMILES string of the molecule is CN1[C@H](C2CC2)CN(c2ccccc2)c2cc(Cl)c(Br)cc2S1(=O)=O. The highest BCUT2D eigenvalue weighted by Gasteiger charge is 2.44. The molecule has 0 aromatic heterocycles. The van der Waals surface area contributed by atoms with Crippen LogP contribution in [-0.2, 0) is 10.0 Å². The highest BCUT2D eigenvalue weighted by atomic mass is 79.9. The third kappa shape index (κ3) is 2.99. The average molecular weight is 442 g/mol. The number of benzene rings is 2. The molecule has 1 heterocycles. The van der Waals surface area contributed by atoms with Crippen molar-refractivity contribution in [2.24, 2.45) is 5.92 Å². The summed E-state index contributed by atoms with van der Waals surface area (Å²) in [5, 5.41) is 0.502. The molecule has 0 bridgehead atoms. The van der Waals surface area contributed by atoms with Crippen LogP contribution in [0.1, 0.15) is 12.8 Å². The van der Waals surface area contributed by atoms with Crippen LogP contribution in [-0.4, -0.2) is 32.4 Å². The quantitative estimate of drug-likeness (QED) is 0.681. The Kier molecular flexibility index (Phi) is 4.35. The van der Waals surface area contributed by atoms with E-state index in [0.29, 0.717) is 32.5 Å². The van der Waals surface area contributed by atoms with Crippen molar-refractivity contribution in [2.45, 2.75) is 23.8 Å². The van der Waals surface area contributed by atoms with Crippen molar-refractivity contribution in [2.75, 3.05) is 18.5 Å². The van der Waals surface area contributed by atoms with Crippen LogP contribution >= 0.6 is 27.5 Å². The number of likely N-dealkylation sites (N-methyl/N-ethyl adjacent to an activating group) is 1. The molecule has 0 N–H and O–H groups in total. The van der Waals surface area contributed by atoms with Gasteiger partial charge in [-0.15, -0.1) is 0 Å². The minimum Gasteiger partial charge on any atom is -0.339 e. The fraction of sp³-hybridized carbons (Fsp3) is 0.333. The molecule has 2 aromatic rings. The van der Waals surface area contributed by atoms with Gasteiger partial charge in [0.05, 0.1) is 10.7 Å². The van der Waals surface area contributed by atoms with Crippen molar-refractivity contribution in [3.63, 3.8) is 0 Å². The second-order valence-corrected chi connectivity index (χ2v) is 9.83. The predicted octanol–water partition coefficient (Wildman–Crippen LogP) is 4.65. The fourth-order valence-corrected chi connectivity index (χ4v) is 5.71. The smallest absolute Gasteiger partial charge is 0.245 e. The minimum atomic E-state index is -3.59. The summed E-state index contributed by atoms with van der Waals surface area (Å²) in [5.74, 6) is 0.416. The summed E-state index contributed by atoms with van der Waals surface area (Å²) in [5.41, 5.74) is 1.60. The predicted molar refractivity (Wildman–Crippen MR) is 104 cm³/mol. The van der Waals surface area contributed by atoms with Gasteiger partial charge in [-0.1, -0.05) is 29.8 Å². The van der Waals surface area contributed by atoms with E-state index in [1.165, 1.54) is 0 Å². The molecule has 4 rings (SSSR count). The Balaban J connectivity index is 1.96. The van der Waals surface area contributed by atoms with E-state index in [4.69, 9.17) is 11.6 Å². The van der Waals surface area contributed by atoms with Crippen LogP contribution in [0.5, 0.6) is 0 Å². The number of fused-ring (bicyclic) bond motifs is 1. The molecule has 2 aliphatic rings. The molecule has 25 heavy (non-hydrogen) atoms. The summed E-state index contributed by atoms with van der Waals surface area (Å²) in [4.78, 5) is 2.37. The van der Waals surface area contributed by atoms with E-state index in [1.54, 1.807) is 23.5 Å². The standard InChI is InChI=1S/C18H18BrClN2O2S/c1-21-17(12-7-8-12)11-22(13-5-3-2-4-6-13)16-10-15(20)14(19)9-18(16)25(21,23)24/h2-6,9-10,12,17H,7-8,11H2,1H3/t17-/m0/s1. The highest BCUT2D eigenvalue weighted by Crippen LogP contribution is 2.45. The number of sulfonamides is 1. The molecule has 0 saturated heterocycles. The van der Waals surface area contributed by atoms with Crippen LogP contribution in [0.25, 0.3) is 0 Å². The van der Waals surface area contributed by atoms with Crippen LogP contribution in [0, 0.1) is 5.92 Å². The van der Waals surface area contributed by atoms with Crippen LogP contribution in [0.2, 0.25) is 5.02 Å². The second-order valence-electron chi connectivity index (χ2n) is 6.61. The zero-order valence-corrected chi connectivity index (χ0v) is 16.9. The van der Waals surface area contributed by atoms with E-state index in [1.807, 2.05) is 30.3 Å². The summed E-state index contributed by atoms with van der Waals surface area (Å²) in [6.45, 7) is 0.620. The van der Waals surface area contributed by atoms with E-state index < -0.39 is 10.0 Å². The van der Waals surface area contributed by atoms with E-state index in [9.17, 15) is 8.42 Å². The molecule has 0 amide bonds. The topological polar surface area (TPSA) is 40.6 Å². The Morgan fingerprint density at radius 1 is 1.16 bits per heavy atom. The van der Waals surface area contributed by atoms with E-state index >= 15 is 0 Å². The molecule has 1 fully saturated rings. The van der Waals surface area contributed by atoms with Gasteiger partial charge in [-0.05, 0) is 59.0 Å². The number of nitrogens with zero attached hydrogens (tertiary/aromatic N) is 2. The Morgan fingerprint density at radius 3 is 2.48 bits per heavy atom. The zero-order chi connectivity index (χ0) is 17.8. The van der Waals surface area contributed by atoms with Gasteiger partial charge in [-0.2, -0.15) is 4.31 Å². The van der Waals surface area contributed by atoms with Crippen molar-refractivity contribution >= 4 is 48.9 Å². The van der Waals surface area contributed by atoms with Gasteiger partial charge in [0.25, 0.3) is 0 Å². The van der Waals surface area contributed by atoms with Gasteiger partial charge in [0, 0.05) is 29.8 Å². The first kappa shape index (κ1) is 17.3. The van der Waals surface area contributed by atoms with Gasteiger partial charge in [0.2, 0.25) is 10.0 Å². The van der Waals surface area contributed by atoms with Crippen molar-refractivity contribution < 1.29 is 8.42 Å². The summed E-state index contributed by atoms with van der Waals surface area (Å²) in [6.07, 6.45) is 2.15. The monoisotopic (exact) mass is 440 g/mol. The Morgan fingerprint density at radius 2 is 1.84 bits per heavy atom. The maximum atomic E-state index is 13.2. The van der Waals surface area contributed by atoms with Crippen LogP contribution < -0.4 is 4.90 Å². The molecule has 4 nitrogen and oxygen atoms in total. The first-order valence-electron chi connectivity index (χ1n) is 8.19. The lowest BCUT2D eigenvalue weighted by atomic mass is 10.1. The Hall–Kier alpha value is -1.08. The first-order valence-corrected chi connectivity index (χ1v) is 10.8. The number of halogens is 2. The lowest BCUT2D eigenvalue weighted by molar-refractivity contribution is 0.344. The van der Waals surface area contributed by atoms with Crippen molar-refractivity contribution in [1.82, 2.24) is 4.31 Å². The maximum Gasteiger partial charge on any atom is 0.245 e. The molecular weight excluding hydrogens is 424 g/mol. The lowest BCUT2D eigenvalue weighted by Crippen LogP contribution is -2.42. The normalized spacial score (nSPS) is 23.2. The third-order valence-electron chi connectivity index (χ3n) is 5.02. The van der Waals surface area contributed by atoms with Gasteiger partial charge >= 0.3 is 0 Å².